The summed E-state index contributed by atoms with van der Waals surface area (Å²) in [4.78, 5) is 35.9. The number of benzene rings is 1. The normalized spacial score (nSPS) is 15.8. The average molecular weight is 349 g/mol. The van der Waals surface area contributed by atoms with E-state index >= 15 is 0 Å². The molecule has 0 spiro atoms. The van der Waals surface area contributed by atoms with Gasteiger partial charge in [-0.15, -0.1) is 0 Å². The Bertz CT molecular complexity index is 770. The van der Waals surface area contributed by atoms with Gasteiger partial charge in [0.2, 0.25) is 0 Å². The molecule has 1 fully saturated rings. The van der Waals surface area contributed by atoms with Gasteiger partial charge in [-0.3, -0.25) is 19.3 Å². The van der Waals surface area contributed by atoms with Crippen LogP contribution in [0.4, 0.5) is 0 Å². The maximum absolute atomic E-state index is 12.3. The Hall–Kier alpha value is -2.65. The number of thioether (sulfide) groups is 1. The van der Waals surface area contributed by atoms with E-state index in [1.54, 1.807) is 12.1 Å². The van der Waals surface area contributed by atoms with Crippen LogP contribution >= 0.6 is 24.0 Å². The molecule has 0 aromatic heterocycles. The zero-order valence-corrected chi connectivity index (χ0v) is 13.2. The molecule has 0 unspecified atom stereocenters. The number of phenolic OH excluding ortho intramolecular Hbond substituents is 1. The first-order chi connectivity index (χ1) is 10.8. The summed E-state index contributed by atoms with van der Waals surface area (Å²) in [5.74, 6) is -2.57. The first kappa shape index (κ1) is 16.7. The van der Waals surface area contributed by atoms with E-state index in [2.05, 4.69) is 0 Å². The maximum atomic E-state index is 12.3. The van der Waals surface area contributed by atoms with Crippen molar-refractivity contribution in [2.24, 2.45) is 11.5 Å². The highest BCUT2D eigenvalue weighted by atomic mass is 32.2. The van der Waals surface area contributed by atoms with Crippen molar-refractivity contribution in [3.8, 4) is 5.75 Å². The minimum absolute atomic E-state index is 0.0545. The number of primary amides is 2. The number of amides is 3. The average Bonchev–Trinajstić information content (AvgIpc) is 2.70. The molecule has 1 heterocycles. The molecule has 1 saturated heterocycles. The fourth-order valence-electron chi connectivity index (χ4n) is 1.73. The number of nitrogens with zero attached hydrogens (tertiary/aromatic N) is 1. The largest absolute Gasteiger partial charge is 0.508 e. The van der Waals surface area contributed by atoms with Crippen LogP contribution in [0.3, 0.4) is 0 Å². The first-order valence-corrected chi connectivity index (χ1v) is 7.39. The van der Waals surface area contributed by atoms with E-state index in [1.165, 1.54) is 18.2 Å². The number of thiocarbonyl (C=S) groups is 1. The van der Waals surface area contributed by atoms with Crippen LogP contribution in [0.5, 0.6) is 5.75 Å². The smallest absolute Gasteiger partial charge is 0.270 e. The van der Waals surface area contributed by atoms with E-state index in [4.69, 9.17) is 23.7 Å². The number of phenols is 1. The SMILES string of the molecule is NC(=O)C(=CN1C(=O)C(=Cc2cccc(O)c2)SC1=S)C(N)=O. The second-order valence-electron chi connectivity index (χ2n) is 4.42. The molecule has 1 aromatic rings. The molecule has 3 amide bonds. The third-order valence-electron chi connectivity index (χ3n) is 2.78. The van der Waals surface area contributed by atoms with Crippen LogP contribution in [-0.2, 0) is 14.4 Å². The third kappa shape index (κ3) is 3.76. The van der Waals surface area contributed by atoms with Crippen molar-refractivity contribution in [3.63, 3.8) is 0 Å². The highest BCUT2D eigenvalue weighted by molar-refractivity contribution is 8.26. The second kappa shape index (κ2) is 6.63. The lowest BCUT2D eigenvalue weighted by molar-refractivity contribution is -0.120. The molecule has 1 aliphatic heterocycles. The van der Waals surface area contributed by atoms with E-state index in [0.717, 1.165) is 22.9 Å². The van der Waals surface area contributed by atoms with Crippen LogP contribution in [0.1, 0.15) is 5.56 Å². The van der Waals surface area contributed by atoms with Crippen molar-refractivity contribution < 1.29 is 19.5 Å². The summed E-state index contributed by atoms with van der Waals surface area (Å²) in [7, 11) is 0. The molecule has 2 rings (SSSR count). The number of hydrogen-bond donors (Lipinski definition) is 3. The van der Waals surface area contributed by atoms with Crippen LogP contribution in [0, 0.1) is 0 Å². The van der Waals surface area contributed by atoms with Gasteiger partial charge in [0.05, 0.1) is 4.91 Å². The number of rotatable bonds is 4. The molecule has 1 aromatic carbocycles. The Labute approximate surface area is 140 Å². The van der Waals surface area contributed by atoms with E-state index in [0.29, 0.717) is 5.56 Å². The van der Waals surface area contributed by atoms with Gasteiger partial charge in [0.25, 0.3) is 17.7 Å². The monoisotopic (exact) mass is 349 g/mol. The maximum Gasteiger partial charge on any atom is 0.270 e. The zero-order valence-electron chi connectivity index (χ0n) is 11.6. The van der Waals surface area contributed by atoms with Crippen molar-refractivity contribution in [2.75, 3.05) is 0 Å². The molecule has 7 nitrogen and oxygen atoms in total. The topological polar surface area (TPSA) is 127 Å². The van der Waals surface area contributed by atoms with Gasteiger partial charge in [0, 0.05) is 6.20 Å². The van der Waals surface area contributed by atoms with E-state index in [-0.39, 0.29) is 15.0 Å². The molecule has 9 heteroatoms. The van der Waals surface area contributed by atoms with Crippen molar-refractivity contribution in [1.82, 2.24) is 4.90 Å². The molecule has 0 bridgehead atoms. The van der Waals surface area contributed by atoms with Crippen LogP contribution in [-0.4, -0.2) is 32.0 Å². The van der Waals surface area contributed by atoms with Gasteiger partial charge in [-0.05, 0) is 23.8 Å². The fourth-order valence-corrected chi connectivity index (χ4v) is 2.94. The molecule has 118 valence electrons. The number of aromatic hydroxyl groups is 1. The lowest BCUT2D eigenvalue weighted by atomic mass is 10.2. The highest BCUT2D eigenvalue weighted by Gasteiger charge is 2.32. The molecule has 0 aliphatic carbocycles. The Balaban J connectivity index is 2.35. The molecule has 0 atom stereocenters. The summed E-state index contributed by atoms with van der Waals surface area (Å²) in [6.45, 7) is 0. The van der Waals surface area contributed by atoms with E-state index in [1.807, 2.05) is 0 Å². The minimum atomic E-state index is -1.05. The van der Waals surface area contributed by atoms with Gasteiger partial charge in [0.15, 0.2) is 4.32 Å². The van der Waals surface area contributed by atoms with Crippen LogP contribution < -0.4 is 11.5 Å². The van der Waals surface area contributed by atoms with Crippen molar-refractivity contribution in [2.45, 2.75) is 0 Å². The summed E-state index contributed by atoms with van der Waals surface area (Å²) < 4.78 is 0.126. The Morgan fingerprint density at radius 2 is 1.91 bits per heavy atom. The van der Waals surface area contributed by atoms with Crippen molar-refractivity contribution in [1.29, 1.82) is 0 Å². The standard InChI is InChI=1S/C14H11N3O4S2/c15-11(19)9(12(16)20)6-17-13(21)10(23-14(17)22)5-7-2-1-3-8(18)4-7/h1-6,18H,(H2,15,19)(H2,16,20). The van der Waals surface area contributed by atoms with Gasteiger partial charge in [-0.25, -0.2) is 0 Å². The van der Waals surface area contributed by atoms with E-state index < -0.39 is 23.3 Å². The van der Waals surface area contributed by atoms with Crippen LogP contribution in [0.25, 0.3) is 6.08 Å². The summed E-state index contributed by atoms with van der Waals surface area (Å²) in [6, 6.07) is 6.29. The Morgan fingerprint density at radius 3 is 2.48 bits per heavy atom. The summed E-state index contributed by atoms with van der Waals surface area (Å²) in [5, 5.41) is 9.43. The predicted molar refractivity (Wildman–Crippen MR) is 89.6 cm³/mol. The van der Waals surface area contributed by atoms with Gasteiger partial charge in [0.1, 0.15) is 11.3 Å². The summed E-state index contributed by atoms with van der Waals surface area (Å²) in [5.41, 5.74) is 10.2. The predicted octanol–water partition coefficient (Wildman–Crippen LogP) is 0.448. The van der Waals surface area contributed by atoms with Gasteiger partial charge >= 0.3 is 0 Å². The second-order valence-corrected chi connectivity index (χ2v) is 6.09. The third-order valence-corrected chi connectivity index (χ3v) is 4.11. The summed E-state index contributed by atoms with van der Waals surface area (Å²) >= 11 is 6.04. The molecule has 5 N–H and O–H groups in total. The van der Waals surface area contributed by atoms with Gasteiger partial charge in [-0.2, -0.15) is 0 Å². The van der Waals surface area contributed by atoms with Crippen LogP contribution in [0.15, 0.2) is 40.9 Å². The van der Waals surface area contributed by atoms with Gasteiger partial charge < -0.3 is 16.6 Å². The van der Waals surface area contributed by atoms with Crippen molar-refractivity contribution in [3.05, 3.63) is 46.5 Å². The Kier molecular flexibility index (Phi) is 4.82. The number of carbonyl (C=O) groups is 3. The van der Waals surface area contributed by atoms with E-state index in [9.17, 15) is 19.5 Å². The fraction of sp³-hybridized carbons (Fsp3) is 0. The molecular formula is C14H11N3O4S2. The molecule has 0 radical (unpaired) electrons. The van der Waals surface area contributed by atoms with Crippen LogP contribution in [0.2, 0.25) is 0 Å². The van der Waals surface area contributed by atoms with Crippen molar-refractivity contribution >= 4 is 52.1 Å². The molecule has 1 aliphatic rings. The number of hydrogen-bond acceptors (Lipinski definition) is 6. The molecular weight excluding hydrogens is 338 g/mol. The zero-order chi connectivity index (χ0) is 17.1. The highest BCUT2D eigenvalue weighted by Crippen LogP contribution is 2.33. The number of nitrogens with two attached hydrogens (primary N) is 2. The first-order valence-electron chi connectivity index (χ1n) is 6.17. The van der Waals surface area contributed by atoms with Gasteiger partial charge in [-0.1, -0.05) is 36.1 Å². The molecule has 23 heavy (non-hydrogen) atoms. The Morgan fingerprint density at radius 1 is 1.26 bits per heavy atom. The lowest BCUT2D eigenvalue weighted by Crippen LogP contribution is -2.31. The quantitative estimate of drug-likeness (QED) is 0.313. The minimum Gasteiger partial charge on any atom is -0.508 e. The molecule has 0 saturated carbocycles. The number of carbonyl (C=O) groups excluding carboxylic acids is 3. The summed E-state index contributed by atoms with van der Waals surface area (Å²) in [6.07, 6.45) is 2.46. The lowest BCUT2D eigenvalue weighted by Gasteiger charge is -2.09.